The van der Waals surface area contributed by atoms with Crippen LogP contribution >= 0.6 is 11.6 Å². The van der Waals surface area contributed by atoms with E-state index in [9.17, 15) is 0 Å². The Labute approximate surface area is 109 Å². The number of aromatic amines is 1. The van der Waals surface area contributed by atoms with Crippen LogP contribution in [0.4, 0.5) is 5.82 Å². The molecule has 6 heteroatoms. The van der Waals surface area contributed by atoms with Crippen LogP contribution in [0.25, 0.3) is 11.2 Å². The monoisotopic (exact) mass is 261 g/mol. The van der Waals surface area contributed by atoms with Gasteiger partial charge in [-0.05, 0) is 19.1 Å². The summed E-state index contributed by atoms with van der Waals surface area (Å²) in [5.41, 5.74) is 2.14. The molecule has 0 amide bonds. The maximum atomic E-state index is 5.86. The van der Waals surface area contributed by atoms with Gasteiger partial charge in [0.25, 0.3) is 0 Å². The molecule has 0 fully saturated rings. The molecule has 18 heavy (non-hydrogen) atoms. The van der Waals surface area contributed by atoms with E-state index in [1.165, 1.54) is 6.33 Å². The molecule has 0 aliphatic carbocycles. The molecule has 0 saturated carbocycles. The highest BCUT2D eigenvalue weighted by Gasteiger charge is 2.05. The zero-order valence-corrected chi connectivity index (χ0v) is 10.6. The number of allylic oxidation sites excluding steroid dienone is 4. The third-order valence-electron chi connectivity index (χ3n) is 2.14. The largest absolute Gasteiger partial charge is 0.340 e. The number of aromatic nitrogens is 4. The first-order valence-electron chi connectivity index (χ1n) is 5.28. The maximum absolute atomic E-state index is 5.86. The van der Waals surface area contributed by atoms with Crippen LogP contribution in [-0.2, 0) is 0 Å². The molecule has 0 spiro atoms. The Balaban J connectivity index is 2.37. The molecule has 2 heterocycles. The molecule has 2 rings (SSSR count). The predicted molar refractivity (Wildman–Crippen MR) is 73.2 cm³/mol. The third kappa shape index (κ3) is 2.75. The first-order chi connectivity index (χ1) is 8.70. The van der Waals surface area contributed by atoms with Crippen LogP contribution in [0.2, 0.25) is 0 Å². The zero-order valence-electron chi connectivity index (χ0n) is 9.81. The van der Waals surface area contributed by atoms with E-state index in [2.05, 4.69) is 31.8 Å². The summed E-state index contributed by atoms with van der Waals surface area (Å²) in [7, 11) is 0. The fourth-order valence-corrected chi connectivity index (χ4v) is 1.58. The Hall–Kier alpha value is -2.14. The van der Waals surface area contributed by atoms with Crippen molar-refractivity contribution < 1.29 is 0 Å². The van der Waals surface area contributed by atoms with Crippen LogP contribution in [0, 0.1) is 0 Å². The second kappa shape index (κ2) is 5.46. The third-order valence-corrected chi connectivity index (χ3v) is 2.25. The minimum atomic E-state index is 0.608. The van der Waals surface area contributed by atoms with Gasteiger partial charge in [0.05, 0.1) is 6.33 Å². The molecule has 0 radical (unpaired) electrons. The van der Waals surface area contributed by atoms with Crippen molar-refractivity contribution in [1.82, 2.24) is 19.9 Å². The van der Waals surface area contributed by atoms with Crippen LogP contribution in [0.3, 0.4) is 0 Å². The van der Waals surface area contributed by atoms with E-state index in [0.717, 1.165) is 11.2 Å². The summed E-state index contributed by atoms with van der Waals surface area (Å²) in [4.78, 5) is 15.3. The highest BCUT2D eigenvalue weighted by Crippen LogP contribution is 2.17. The molecule has 2 aromatic heterocycles. The molecule has 2 aromatic rings. The number of imidazole rings is 1. The van der Waals surface area contributed by atoms with E-state index >= 15 is 0 Å². The lowest BCUT2D eigenvalue weighted by Gasteiger charge is -2.06. The van der Waals surface area contributed by atoms with Gasteiger partial charge in [0.1, 0.15) is 11.8 Å². The number of rotatable bonds is 4. The van der Waals surface area contributed by atoms with E-state index in [0.29, 0.717) is 16.5 Å². The van der Waals surface area contributed by atoms with Crippen molar-refractivity contribution >= 4 is 28.6 Å². The summed E-state index contributed by atoms with van der Waals surface area (Å²) in [6.45, 7) is 5.46. The number of anilines is 1. The van der Waals surface area contributed by atoms with Crippen molar-refractivity contribution in [2.75, 3.05) is 5.32 Å². The summed E-state index contributed by atoms with van der Waals surface area (Å²) >= 11 is 5.86. The van der Waals surface area contributed by atoms with Crippen molar-refractivity contribution in [3.8, 4) is 0 Å². The molecule has 0 saturated heterocycles. The van der Waals surface area contributed by atoms with Gasteiger partial charge in [-0.25, -0.2) is 15.0 Å². The lowest BCUT2D eigenvalue weighted by molar-refractivity contribution is 1.19. The average molecular weight is 262 g/mol. The fraction of sp³-hybridized carbons (Fsp3) is 0.0833. The summed E-state index contributed by atoms with van der Waals surface area (Å²) in [5.74, 6) is 0.639. The number of hydrogen-bond acceptors (Lipinski definition) is 4. The first kappa shape index (κ1) is 12.3. The quantitative estimate of drug-likeness (QED) is 0.831. The topological polar surface area (TPSA) is 66.5 Å². The Kier molecular flexibility index (Phi) is 3.74. The molecule has 92 valence electrons. The SMILES string of the molecule is C=CC=C(C=C(C)Cl)Nc1ncnc2nc[nH]c12. The van der Waals surface area contributed by atoms with Crippen LogP contribution in [-0.4, -0.2) is 19.9 Å². The summed E-state index contributed by atoms with van der Waals surface area (Å²) in [6.07, 6.45) is 8.28. The van der Waals surface area contributed by atoms with Crippen molar-refractivity contribution in [2.24, 2.45) is 0 Å². The molecule has 0 aliphatic heterocycles. The number of hydrogen-bond donors (Lipinski definition) is 2. The normalized spacial score (nSPS) is 12.8. The van der Waals surface area contributed by atoms with Gasteiger partial charge in [-0.15, -0.1) is 0 Å². The number of halogens is 1. The van der Waals surface area contributed by atoms with Crippen molar-refractivity contribution in [3.05, 3.63) is 48.2 Å². The van der Waals surface area contributed by atoms with Crippen LogP contribution in [0.5, 0.6) is 0 Å². The minimum Gasteiger partial charge on any atom is -0.340 e. The average Bonchev–Trinajstić information content (AvgIpc) is 2.77. The van der Waals surface area contributed by atoms with Gasteiger partial charge in [-0.3, -0.25) is 0 Å². The molecule has 5 nitrogen and oxygen atoms in total. The number of H-pyrrole nitrogens is 1. The highest BCUT2D eigenvalue weighted by molar-refractivity contribution is 6.29. The lowest BCUT2D eigenvalue weighted by Crippen LogP contribution is -2.00. The highest BCUT2D eigenvalue weighted by atomic mass is 35.5. The van der Waals surface area contributed by atoms with E-state index in [1.54, 1.807) is 31.5 Å². The molecular formula is C12H12ClN5. The summed E-state index contributed by atoms with van der Waals surface area (Å²) < 4.78 is 0. The Morgan fingerprint density at radius 2 is 2.28 bits per heavy atom. The summed E-state index contributed by atoms with van der Waals surface area (Å²) in [6, 6.07) is 0. The molecule has 0 bridgehead atoms. The lowest BCUT2D eigenvalue weighted by atomic mass is 10.3. The van der Waals surface area contributed by atoms with E-state index in [4.69, 9.17) is 11.6 Å². The smallest absolute Gasteiger partial charge is 0.182 e. The minimum absolute atomic E-state index is 0.608. The predicted octanol–water partition coefficient (Wildman–Crippen LogP) is 2.98. The molecule has 0 aromatic carbocycles. The van der Waals surface area contributed by atoms with Crippen LogP contribution < -0.4 is 5.32 Å². The first-order valence-corrected chi connectivity index (χ1v) is 5.66. The molecular weight excluding hydrogens is 250 g/mol. The van der Waals surface area contributed by atoms with Gasteiger partial charge >= 0.3 is 0 Å². The number of nitrogens with one attached hydrogen (secondary N) is 2. The van der Waals surface area contributed by atoms with E-state index in [1.807, 2.05) is 0 Å². The van der Waals surface area contributed by atoms with Gasteiger partial charge in [-0.1, -0.05) is 24.3 Å². The van der Waals surface area contributed by atoms with Gasteiger partial charge in [0, 0.05) is 10.7 Å². The van der Waals surface area contributed by atoms with Crippen molar-refractivity contribution in [3.63, 3.8) is 0 Å². The molecule has 0 atom stereocenters. The van der Waals surface area contributed by atoms with Crippen LogP contribution in [0.15, 0.2) is 48.2 Å². The molecule has 2 N–H and O–H groups in total. The van der Waals surface area contributed by atoms with Gasteiger partial charge in [0.2, 0.25) is 0 Å². The summed E-state index contributed by atoms with van der Waals surface area (Å²) in [5, 5.41) is 3.80. The molecule has 0 aliphatic rings. The Morgan fingerprint density at radius 1 is 1.44 bits per heavy atom. The van der Waals surface area contributed by atoms with E-state index in [-0.39, 0.29) is 0 Å². The fourth-order valence-electron chi connectivity index (χ4n) is 1.46. The number of nitrogens with zero attached hydrogens (tertiary/aromatic N) is 3. The Bertz CT molecular complexity index is 622. The maximum Gasteiger partial charge on any atom is 0.182 e. The van der Waals surface area contributed by atoms with Crippen molar-refractivity contribution in [2.45, 2.75) is 6.92 Å². The number of fused-ring (bicyclic) bond motifs is 1. The van der Waals surface area contributed by atoms with E-state index < -0.39 is 0 Å². The van der Waals surface area contributed by atoms with Gasteiger partial charge in [0.15, 0.2) is 11.5 Å². The Morgan fingerprint density at radius 3 is 3.00 bits per heavy atom. The van der Waals surface area contributed by atoms with Crippen molar-refractivity contribution in [1.29, 1.82) is 0 Å². The zero-order chi connectivity index (χ0) is 13.0. The van der Waals surface area contributed by atoms with Crippen LogP contribution in [0.1, 0.15) is 6.92 Å². The second-order valence-electron chi connectivity index (χ2n) is 3.54. The van der Waals surface area contributed by atoms with Gasteiger partial charge < -0.3 is 10.3 Å². The standard InChI is InChI=1S/C12H12ClN5/c1-3-4-9(5-8(2)13)18-12-10-11(15-6-14-10)16-7-17-12/h3-7H,1H2,2H3,(H2,14,15,16,17,18). The second-order valence-corrected chi connectivity index (χ2v) is 4.13. The van der Waals surface area contributed by atoms with Gasteiger partial charge in [-0.2, -0.15) is 0 Å². The molecule has 0 unspecified atom stereocenters.